The second-order valence-corrected chi connectivity index (χ2v) is 12.1. The highest BCUT2D eigenvalue weighted by Gasteiger charge is 2.39. The summed E-state index contributed by atoms with van der Waals surface area (Å²) in [5, 5.41) is 1.51. The van der Waals surface area contributed by atoms with Crippen LogP contribution in [0.25, 0.3) is 0 Å². The molecule has 0 bridgehead atoms. The van der Waals surface area contributed by atoms with Crippen LogP contribution < -0.4 is 0 Å². The fourth-order valence-corrected chi connectivity index (χ4v) is 4.07. The van der Waals surface area contributed by atoms with Crippen LogP contribution in [0.5, 0.6) is 0 Å². The minimum Gasteiger partial charge on any atom is -0.414 e. The average Bonchev–Trinajstić information content (AvgIpc) is 2.16. The van der Waals surface area contributed by atoms with Gasteiger partial charge in [-0.2, -0.15) is 0 Å². The molecular weight excluding hydrogens is 280 g/mol. The summed E-state index contributed by atoms with van der Waals surface area (Å²) in [6, 6.07) is 0. The van der Waals surface area contributed by atoms with E-state index < -0.39 is 8.32 Å². The molecule has 1 nitrogen and oxygen atoms in total. The number of halogens is 1. The Labute approximate surface area is 111 Å². The molecule has 0 saturated heterocycles. The summed E-state index contributed by atoms with van der Waals surface area (Å²) >= 11 is 3.59. The van der Waals surface area contributed by atoms with Gasteiger partial charge in [0.2, 0.25) is 0 Å². The molecule has 1 saturated carbocycles. The molecule has 0 heterocycles. The SMILES string of the molecule is CC(C)(C)[Si](C)(C)O[C@H]1CC[C@@H](CBr)CC1. The molecule has 16 heavy (non-hydrogen) atoms. The smallest absolute Gasteiger partial charge is 0.192 e. The molecule has 0 atom stereocenters. The molecule has 0 aromatic heterocycles. The van der Waals surface area contributed by atoms with Crippen LogP contribution in [0.15, 0.2) is 0 Å². The van der Waals surface area contributed by atoms with Crippen LogP contribution in [0.1, 0.15) is 46.5 Å². The molecule has 96 valence electrons. The maximum atomic E-state index is 6.46. The molecule has 0 unspecified atom stereocenters. The fraction of sp³-hybridized carbons (Fsp3) is 1.00. The fourth-order valence-electron chi connectivity index (χ4n) is 2.00. The number of hydrogen-bond donors (Lipinski definition) is 0. The average molecular weight is 307 g/mol. The van der Waals surface area contributed by atoms with Gasteiger partial charge in [-0.15, -0.1) is 0 Å². The maximum Gasteiger partial charge on any atom is 0.192 e. The van der Waals surface area contributed by atoms with E-state index in [-0.39, 0.29) is 0 Å². The third-order valence-electron chi connectivity index (χ3n) is 4.28. The van der Waals surface area contributed by atoms with Gasteiger partial charge in [-0.3, -0.25) is 0 Å². The Hall–Kier alpha value is 0.657. The first-order valence-electron chi connectivity index (χ1n) is 6.50. The summed E-state index contributed by atoms with van der Waals surface area (Å²) in [6.45, 7) is 11.7. The summed E-state index contributed by atoms with van der Waals surface area (Å²) in [7, 11) is -1.54. The van der Waals surface area contributed by atoms with Crippen molar-refractivity contribution >= 4 is 24.2 Å². The molecule has 0 amide bonds. The standard InChI is InChI=1S/C13H27BrOSi/c1-13(2,3)16(4,5)15-12-8-6-11(10-14)7-9-12/h11-12H,6-10H2,1-5H3/t11-,12+. The Kier molecular flexibility index (Phi) is 5.09. The van der Waals surface area contributed by atoms with Crippen molar-refractivity contribution in [2.45, 2.75) is 70.7 Å². The predicted molar refractivity (Wildman–Crippen MR) is 77.8 cm³/mol. The van der Waals surface area contributed by atoms with Crippen LogP contribution in [0, 0.1) is 5.92 Å². The van der Waals surface area contributed by atoms with Gasteiger partial charge >= 0.3 is 0 Å². The van der Waals surface area contributed by atoms with Crippen LogP contribution in [-0.4, -0.2) is 19.8 Å². The molecule has 0 aromatic carbocycles. The third-order valence-corrected chi connectivity index (χ3v) is 9.73. The van der Waals surface area contributed by atoms with Crippen LogP contribution in [0.4, 0.5) is 0 Å². The van der Waals surface area contributed by atoms with Crippen molar-refractivity contribution in [3.63, 3.8) is 0 Å². The first kappa shape index (κ1) is 14.7. The zero-order valence-corrected chi connectivity index (χ0v) is 14.1. The Morgan fingerprint density at radius 3 is 2.00 bits per heavy atom. The van der Waals surface area contributed by atoms with Crippen LogP contribution in [0.3, 0.4) is 0 Å². The molecule has 1 aliphatic rings. The molecule has 0 radical (unpaired) electrons. The molecule has 1 aliphatic carbocycles. The van der Waals surface area contributed by atoms with Crippen LogP contribution >= 0.6 is 15.9 Å². The van der Waals surface area contributed by atoms with Crippen molar-refractivity contribution in [3.05, 3.63) is 0 Å². The van der Waals surface area contributed by atoms with E-state index >= 15 is 0 Å². The summed E-state index contributed by atoms with van der Waals surface area (Å²) < 4.78 is 6.46. The van der Waals surface area contributed by atoms with E-state index in [1.54, 1.807) is 0 Å². The second-order valence-electron chi connectivity index (χ2n) is 6.68. The predicted octanol–water partition coefficient (Wildman–Crippen LogP) is 4.96. The van der Waals surface area contributed by atoms with Gasteiger partial charge in [-0.05, 0) is 49.7 Å². The highest BCUT2D eigenvalue weighted by molar-refractivity contribution is 9.09. The van der Waals surface area contributed by atoms with Gasteiger partial charge in [0, 0.05) is 11.4 Å². The lowest BCUT2D eigenvalue weighted by molar-refractivity contribution is 0.121. The largest absolute Gasteiger partial charge is 0.414 e. The zero-order chi connectivity index (χ0) is 12.4. The molecule has 0 aliphatic heterocycles. The zero-order valence-electron chi connectivity index (χ0n) is 11.5. The van der Waals surface area contributed by atoms with Crippen LogP contribution in [0.2, 0.25) is 18.1 Å². The highest BCUT2D eigenvalue weighted by atomic mass is 79.9. The Balaban J connectivity index is 2.45. The van der Waals surface area contributed by atoms with Gasteiger partial charge in [0.25, 0.3) is 0 Å². The van der Waals surface area contributed by atoms with Gasteiger partial charge in [-0.25, -0.2) is 0 Å². The van der Waals surface area contributed by atoms with Gasteiger partial charge < -0.3 is 4.43 Å². The first-order chi connectivity index (χ1) is 7.26. The lowest BCUT2D eigenvalue weighted by atomic mass is 9.89. The molecule has 1 fully saturated rings. The van der Waals surface area contributed by atoms with Gasteiger partial charge in [-0.1, -0.05) is 36.7 Å². The molecule has 0 N–H and O–H groups in total. The van der Waals surface area contributed by atoms with Crippen LogP contribution in [-0.2, 0) is 4.43 Å². The minimum atomic E-state index is -1.54. The van der Waals surface area contributed by atoms with Crippen molar-refractivity contribution in [1.29, 1.82) is 0 Å². The minimum absolute atomic E-state index is 0.346. The summed E-state index contributed by atoms with van der Waals surface area (Å²) in [5.74, 6) is 0.888. The van der Waals surface area contributed by atoms with Gasteiger partial charge in [0.1, 0.15) is 0 Å². The molecular formula is C13H27BrOSi. The van der Waals surface area contributed by atoms with Gasteiger partial charge in [0.15, 0.2) is 8.32 Å². The number of alkyl halides is 1. The summed E-state index contributed by atoms with van der Waals surface area (Å²) in [5.41, 5.74) is 0. The monoisotopic (exact) mass is 306 g/mol. The normalized spacial score (nSPS) is 28.1. The van der Waals surface area contributed by atoms with Crippen molar-refractivity contribution in [2.75, 3.05) is 5.33 Å². The van der Waals surface area contributed by atoms with E-state index in [2.05, 4.69) is 49.8 Å². The van der Waals surface area contributed by atoms with E-state index in [0.717, 1.165) is 5.92 Å². The Bertz CT molecular complexity index is 214. The molecule has 3 heteroatoms. The number of hydrogen-bond acceptors (Lipinski definition) is 1. The van der Waals surface area contributed by atoms with Gasteiger partial charge in [0.05, 0.1) is 0 Å². The quantitative estimate of drug-likeness (QED) is 0.529. The van der Waals surface area contributed by atoms with E-state index in [4.69, 9.17) is 4.43 Å². The lowest BCUT2D eigenvalue weighted by Crippen LogP contribution is -2.44. The van der Waals surface area contributed by atoms with Crippen molar-refractivity contribution in [3.8, 4) is 0 Å². The second kappa shape index (κ2) is 5.53. The topological polar surface area (TPSA) is 9.23 Å². The molecule has 1 rings (SSSR count). The van der Waals surface area contributed by atoms with Crippen molar-refractivity contribution < 1.29 is 4.43 Å². The summed E-state index contributed by atoms with van der Waals surface area (Å²) in [4.78, 5) is 0. The van der Waals surface area contributed by atoms with E-state index in [0.29, 0.717) is 11.1 Å². The number of rotatable bonds is 3. The van der Waals surface area contributed by atoms with Crippen molar-refractivity contribution in [2.24, 2.45) is 5.92 Å². The Morgan fingerprint density at radius 1 is 1.12 bits per heavy atom. The molecule has 0 spiro atoms. The highest BCUT2D eigenvalue weighted by Crippen LogP contribution is 2.39. The Morgan fingerprint density at radius 2 is 1.62 bits per heavy atom. The lowest BCUT2D eigenvalue weighted by Gasteiger charge is -2.41. The first-order valence-corrected chi connectivity index (χ1v) is 10.5. The van der Waals surface area contributed by atoms with E-state index in [1.807, 2.05) is 0 Å². The molecule has 0 aromatic rings. The van der Waals surface area contributed by atoms with Crippen molar-refractivity contribution in [1.82, 2.24) is 0 Å². The third kappa shape index (κ3) is 3.85. The van der Waals surface area contributed by atoms with E-state index in [1.165, 1.54) is 31.0 Å². The van der Waals surface area contributed by atoms with E-state index in [9.17, 15) is 0 Å². The maximum absolute atomic E-state index is 6.46. The summed E-state index contributed by atoms with van der Waals surface area (Å²) in [6.07, 6.45) is 5.75.